The Morgan fingerprint density at radius 2 is 1.58 bits per heavy atom. The molecule has 3 nitrogen and oxygen atoms in total. The van der Waals surface area contributed by atoms with E-state index in [-0.39, 0.29) is 0 Å². The van der Waals surface area contributed by atoms with E-state index in [0.29, 0.717) is 23.1 Å². The number of halogens is 1. The van der Waals surface area contributed by atoms with Gasteiger partial charge < -0.3 is 14.2 Å². The van der Waals surface area contributed by atoms with Crippen LogP contribution in [0.15, 0.2) is 42.5 Å². The van der Waals surface area contributed by atoms with E-state index in [1.165, 1.54) is 0 Å². The molecule has 0 fully saturated rings. The molecule has 0 bridgehead atoms. The summed E-state index contributed by atoms with van der Waals surface area (Å²) >= 11 is 5.82. The van der Waals surface area contributed by atoms with E-state index in [0.717, 1.165) is 11.3 Å². The summed E-state index contributed by atoms with van der Waals surface area (Å²) in [6.45, 7) is 0.460. The fourth-order valence-electron chi connectivity index (χ4n) is 1.67. The molecular formula is C15H15ClO3. The van der Waals surface area contributed by atoms with Crippen LogP contribution in [0.1, 0.15) is 5.56 Å². The molecule has 0 aliphatic carbocycles. The highest BCUT2D eigenvalue weighted by Crippen LogP contribution is 2.28. The van der Waals surface area contributed by atoms with Crippen molar-refractivity contribution in [3.8, 4) is 17.2 Å². The summed E-state index contributed by atoms with van der Waals surface area (Å²) in [5.74, 6) is 2.18. The van der Waals surface area contributed by atoms with Gasteiger partial charge in [-0.3, -0.25) is 0 Å². The van der Waals surface area contributed by atoms with Crippen molar-refractivity contribution in [3.63, 3.8) is 0 Å². The first-order chi connectivity index (χ1) is 9.22. The van der Waals surface area contributed by atoms with E-state index in [1.807, 2.05) is 30.3 Å². The number of benzene rings is 2. The number of methoxy groups -OCH3 is 2. The highest BCUT2D eigenvalue weighted by Gasteiger charge is 2.05. The lowest BCUT2D eigenvalue weighted by Gasteiger charge is -2.10. The number of rotatable bonds is 5. The average Bonchev–Trinajstić information content (AvgIpc) is 2.46. The molecule has 0 heterocycles. The van der Waals surface area contributed by atoms with Crippen LogP contribution in [0.25, 0.3) is 0 Å². The molecule has 0 N–H and O–H groups in total. The second-order valence-corrected chi connectivity index (χ2v) is 4.37. The van der Waals surface area contributed by atoms with Crippen LogP contribution in [0.3, 0.4) is 0 Å². The standard InChI is InChI=1S/C15H15ClO3/c1-17-14-8-3-11(9-15(14)18-2)10-19-13-6-4-12(16)5-7-13/h3-9H,10H2,1-2H3. The Labute approximate surface area is 117 Å². The Morgan fingerprint density at radius 3 is 2.21 bits per heavy atom. The third kappa shape index (κ3) is 3.55. The second-order valence-electron chi connectivity index (χ2n) is 3.93. The lowest BCUT2D eigenvalue weighted by molar-refractivity contribution is 0.304. The van der Waals surface area contributed by atoms with Gasteiger partial charge in [-0.2, -0.15) is 0 Å². The van der Waals surface area contributed by atoms with Crippen LogP contribution in [-0.4, -0.2) is 14.2 Å². The van der Waals surface area contributed by atoms with Gasteiger partial charge in [0.1, 0.15) is 12.4 Å². The van der Waals surface area contributed by atoms with Crippen molar-refractivity contribution in [3.05, 3.63) is 53.1 Å². The molecule has 0 aromatic heterocycles. The van der Waals surface area contributed by atoms with Crippen LogP contribution in [-0.2, 0) is 6.61 Å². The van der Waals surface area contributed by atoms with Crippen LogP contribution in [0.5, 0.6) is 17.2 Å². The maximum Gasteiger partial charge on any atom is 0.161 e. The molecule has 19 heavy (non-hydrogen) atoms. The van der Waals surface area contributed by atoms with Crippen molar-refractivity contribution in [1.82, 2.24) is 0 Å². The molecular weight excluding hydrogens is 264 g/mol. The molecule has 4 heteroatoms. The molecule has 0 spiro atoms. The van der Waals surface area contributed by atoms with Crippen LogP contribution >= 0.6 is 11.6 Å². The molecule has 2 aromatic rings. The van der Waals surface area contributed by atoms with Gasteiger partial charge in [0.25, 0.3) is 0 Å². The van der Waals surface area contributed by atoms with Gasteiger partial charge in [0, 0.05) is 5.02 Å². The quantitative estimate of drug-likeness (QED) is 0.829. The van der Waals surface area contributed by atoms with E-state index in [9.17, 15) is 0 Å². The molecule has 2 aromatic carbocycles. The summed E-state index contributed by atoms with van der Waals surface area (Å²) in [6, 6.07) is 13.0. The zero-order valence-corrected chi connectivity index (χ0v) is 11.6. The summed E-state index contributed by atoms with van der Waals surface area (Å²) in [7, 11) is 3.23. The zero-order chi connectivity index (χ0) is 13.7. The van der Waals surface area contributed by atoms with Crippen molar-refractivity contribution >= 4 is 11.6 Å². The molecule has 2 rings (SSSR count). The normalized spacial score (nSPS) is 10.1. The maximum atomic E-state index is 5.82. The topological polar surface area (TPSA) is 27.7 Å². The summed E-state index contributed by atoms with van der Waals surface area (Å²) < 4.78 is 16.1. The Morgan fingerprint density at radius 1 is 0.895 bits per heavy atom. The summed E-state index contributed by atoms with van der Waals surface area (Å²) in [4.78, 5) is 0. The molecule has 100 valence electrons. The molecule has 0 saturated heterocycles. The van der Waals surface area contributed by atoms with Crippen LogP contribution in [0.2, 0.25) is 5.02 Å². The fraction of sp³-hybridized carbons (Fsp3) is 0.200. The van der Waals surface area contributed by atoms with Crippen molar-refractivity contribution < 1.29 is 14.2 Å². The summed E-state index contributed by atoms with van der Waals surface area (Å²) in [5, 5.41) is 0.693. The third-order valence-electron chi connectivity index (χ3n) is 2.67. The monoisotopic (exact) mass is 278 g/mol. The van der Waals surface area contributed by atoms with Crippen LogP contribution < -0.4 is 14.2 Å². The van der Waals surface area contributed by atoms with Crippen molar-refractivity contribution in [2.45, 2.75) is 6.61 Å². The molecule has 0 radical (unpaired) electrons. The van der Waals surface area contributed by atoms with Gasteiger partial charge in [0.2, 0.25) is 0 Å². The predicted molar refractivity (Wildman–Crippen MR) is 75.3 cm³/mol. The lowest BCUT2D eigenvalue weighted by atomic mass is 10.2. The number of hydrogen-bond acceptors (Lipinski definition) is 3. The molecule has 0 amide bonds. The molecule has 0 aliphatic heterocycles. The Hall–Kier alpha value is -1.87. The highest BCUT2D eigenvalue weighted by molar-refractivity contribution is 6.30. The van der Waals surface area contributed by atoms with Gasteiger partial charge in [-0.25, -0.2) is 0 Å². The Balaban J connectivity index is 2.05. The minimum absolute atomic E-state index is 0.460. The predicted octanol–water partition coefficient (Wildman–Crippen LogP) is 3.94. The van der Waals surface area contributed by atoms with E-state index in [1.54, 1.807) is 26.4 Å². The molecule has 0 atom stereocenters. The first-order valence-electron chi connectivity index (χ1n) is 5.82. The fourth-order valence-corrected chi connectivity index (χ4v) is 1.79. The van der Waals surface area contributed by atoms with E-state index in [4.69, 9.17) is 25.8 Å². The largest absolute Gasteiger partial charge is 0.493 e. The van der Waals surface area contributed by atoms with E-state index in [2.05, 4.69) is 0 Å². The first-order valence-corrected chi connectivity index (χ1v) is 6.20. The Kier molecular flexibility index (Phi) is 4.53. The average molecular weight is 279 g/mol. The zero-order valence-electron chi connectivity index (χ0n) is 10.9. The van der Waals surface area contributed by atoms with Gasteiger partial charge in [-0.15, -0.1) is 0 Å². The SMILES string of the molecule is COc1ccc(COc2ccc(Cl)cc2)cc1OC. The smallest absolute Gasteiger partial charge is 0.161 e. The Bertz CT molecular complexity index is 538. The maximum absolute atomic E-state index is 5.82. The lowest BCUT2D eigenvalue weighted by Crippen LogP contribution is -1.97. The van der Waals surface area contributed by atoms with Gasteiger partial charge >= 0.3 is 0 Å². The summed E-state index contributed by atoms with van der Waals surface area (Å²) in [6.07, 6.45) is 0. The molecule has 0 aliphatic rings. The second kappa shape index (κ2) is 6.34. The summed E-state index contributed by atoms with van der Waals surface area (Å²) in [5.41, 5.74) is 1.01. The first kappa shape index (κ1) is 13.6. The third-order valence-corrected chi connectivity index (χ3v) is 2.92. The van der Waals surface area contributed by atoms with Crippen molar-refractivity contribution in [1.29, 1.82) is 0 Å². The van der Waals surface area contributed by atoms with E-state index >= 15 is 0 Å². The van der Waals surface area contributed by atoms with Gasteiger partial charge in [-0.1, -0.05) is 17.7 Å². The van der Waals surface area contributed by atoms with Gasteiger partial charge in [0.15, 0.2) is 11.5 Å². The van der Waals surface area contributed by atoms with Crippen LogP contribution in [0.4, 0.5) is 0 Å². The van der Waals surface area contributed by atoms with Gasteiger partial charge in [0.05, 0.1) is 14.2 Å². The minimum Gasteiger partial charge on any atom is -0.493 e. The molecule has 0 saturated carbocycles. The number of hydrogen-bond donors (Lipinski definition) is 0. The highest BCUT2D eigenvalue weighted by atomic mass is 35.5. The van der Waals surface area contributed by atoms with Crippen LogP contribution in [0, 0.1) is 0 Å². The van der Waals surface area contributed by atoms with Crippen molar-refractivity contribution in [2.24, 2.45) is 0 Å². The van der Waals surface area contributed by atoms with E-state index < -0.39 is 0 Å². The minimum atomic E-state index is 0.460. The number of ether oxygens (including phenoxy) is 3. The molecule has 0 unspecified atom stereocenters. The van der Waals surface area contributed by atoms with Crippen molar-refractivity contribution in [2.75, 3.05) is 14.2 Å². The van der Waals surface area contributed by atoms with Gasteiger partial charge in [-0.05, 0) is 42.0 Å².